The highest BCUT2D eigenvalue weighted by atomic mass is 32.2. The highest BCUT2D eigenvalue weighted by Gasteiger charge is 2.28. The summed E-state index contributed by atoms with van der Waals surface area (Å²) < 4.78 is 30.3. The average molecular weight is 285 g/mol. The Morgan fingerprint density at radius 3 is 2.16 bits per heavy atom. The monoisotopic (exact) mass is 285 g/mol. The summed E-state index contributed by atoms with van der Waals surface area (Å²) in [5, 5.41) is -1.31. The molecule has 104 valence electrons. The molecular formula is C12H15NO5S. The van der Waals surface area contributed by atoms with Gasteiger partial charge in [0.2, 0.25) is 10.0 Å². The number of hydrogen-bond donors (Lipinski definition) is 1. The number of anilines is 1. The number of hydrogen-bond acceptors (Lipinski definition) is 5. The zero-order chi connectivity index (χ0) is 14.6. The van der Waals surface area contributed by atoms with Crippen LogP contribution in [0.3, 0.4) is 0 Å². The lowest BCUT2D eigenvalue weighted by Crippen LogP contribution is -2.33. The number of esters is 1. The van der Waals surface area contributed by atoms with Gasteiger partial charge in [-0.3, -0.25) is 14.3 Å². The second kappa shape index (κ2) is 5.83. The first-order chi connectivity index (χ1) is 8.77. The van der Waals surface area contributed by atoms with Crippen LogP contribution in [0, 0.1) is 0 Å². The quantitative estimate of drug-likeness (QED) is 0.648. The summed E-state index contributed by atoms with van der Waals surface area (Å²) in [6.07, 6.45) is 0. The smallest absolute Gasteiger partial charge is 0.325 e. The van der Waals surface area contributed by atoms with E-state index in [0.29, 0.717) is 5.56 Å². The Balaban J connectivity index is 2.90. The maximum Gasteiger partial charge on any atom is 0.325 e. The van der Waals surface area contributed by atoms with Gasteiger partial charge in [0, 0.05) is 11.3 Å². The van der Waals surface area contributed by atoms with Crippen LogP contribution in [0.4, 0.5) is 5.69 Å². The maximum absolute atomic E-state index is 11.8. The minimum atomic E-state index is -3.87. The lowest BCUT2D eigenvalue weighted by Gasteiger charge is -2.13. The molecule has 1 atom stereocenters. The second-order valence-electron chi connectivity index (χ2n) is 3.95. The minimum Gasteiger partial charge on any atom is -0.468 e. The molecule has 1 unspecified atom stereocenters. The van der Waals surface area contributed by atoms with E-state index in [1.807, 2.05) is 0 Å². The number of carbonyl (C=O) groups excluding carboxylic acids is 2. The topological polar surface area (TPSA) is 89.5 Å². The first-order valence-corrected chi connectivity index (χ1v) is 7.03. The molecule has 6 nitrogen and oxygen atoms in total. The summed E-state index contributed by atoms with van der Waals surface area (Å²) in [5.41, 5.74) is 0.754. The zero-order valence-electron chi connectivity index (χ0n) is 10.8. The molecule has 0 aliphatic rings. The number of ketones is 1. The Bertz CT molecular complexity index is 577. The molecule has 0 saturated heterocycles. The van der Waals surface area contributed by atoms with Crippen LogP contribution in [0.25, 0.3) is 0 Å². The van der Waals surface area contributed by atoms with E-state index >= 15 is 0 Å². The number of ether oxygens (including phenoxy) is 1. The molecule has 0 bridgehead atoms. The molecule has 19 heavy (non-hydrogen) atoms. The van der Waals surface area contributed by atoms with Crippen LogP contribution in [-0.2, 0) is 19.6 Å². The number of rotatable bonds is 5. The van der Waals surface area contributed by atoms with Crippen molar-refractivity contribution in [2.75, 3.05) is 11.8 Å². The van der Waals surface area contributed by atoms with Gasteiger partial charge in [-0.1, -0.05) is 0 Å². The van der Waals surface area contributed by atoms with E-state index in [9.17, 15) is 18.0 Å². The predicted octanol–water partition coefficient (Wildman–Crippen LogP) is 1.19. The van der Waals surface area contributed by atoms with Crippen LogP contribution >= 0.6 is 0 Å². The molecule has 0 aliphatic carbocycles. The molecule has 0 spiro atoms. The molecule has 0 fully saturated rings. The Kier molecular flexibility index (Phi) is 4.66. The number of carbonyl (C=O) groups is 2. The highest BCUT2D eigenvalue weighted by Crippen LogP contribution is 2.14. The molecule has 7 heteroatoms. The Labute approximate surface area is 111 Å². The molecule has 0 aliphatic heterocycles. The molecule has 0 radical (unpaired) electrons. The van der Waals surface area contributed by atoms with E-state index in [4.69, 9.17) is 0 Å². The summed E-state index contributed by atoms with van der Waals surface area (Å²) in [4.78, 5) is 22.3. The van der Waals surface area contributed by atoms with Crippen molar-refractivity contribution >= 4 is 27.5 Å². The summed E-state index contributed by atoms with van der Waals surface area (Å²) in [5.74, 6) is -0.954. The van der Waals surface area contributed by atoms with E-state index < -0.39 is 21.2 Å². The molecule has 1 N–H and O–H groups in total. The lowest BCUT2D eigenvalue weighted by atomic mass is 10.1. The number of nitrogens with one attached hydrogen (secondary N) is 1. The fourth-order valence-corrected chi connectivity index (χ4v) is 2.31. The largest absolute Gasteiger partial charge is 0.468 e. The molecule has 0 saturated carbocycles. The molecule has 1 aromatic carbocycles. The number of methoxy groups -OCH3 is 1. The van der Waals surface area contributed by atoms with Gasteiger partial charge in [-0.2, -0.15) is 0 Å². The van der Waals surface area contributed by atoms with E-state index in [0.717, 1.165) is 7.11 Å². The van der Waals surface area contributed by atoms with Crippen molar-refractivity contribution in [3.05, 3.63) is 29.8 Å². The average Bonchev–Trinajstić information content (AvgIpc) is 2.37. The highest BCUT2D eigenvalue weighted by molar-refractivity contribution is 7.94. The van der Waals surface area contributed by atoms with Crippen LogP contribution in [0.5, 0.6) is 0 Å². The van der Waals surface area contributed by atoms with Gasteiger partial charge in [0.1, 0.15) is 0 Å². The van der Waals surface area contributed by atoms with Crippen LogP contribution in [0.2, 0.25) is 0 Å². The van der Waals surface area contributed by atoms with Gasteiger partial charge < -0.3 is 4.74 Å². The van der Waals surface area contributed by atoms with Crippen LogP contribution in [-0.4, -0.2) is 32.5 Å². The summed E-state index contributed by atoms with van der Waals surface area (Å²) in [6.45, 7) is 2.65. The van der Waals surface area contributed by atoms with Crippen LogP contribution < -0.4 is 4.72 Å². The normalized spacial score (nSPS) is 12.6. The van der Waals surface area contributed by atoms with Crippen molar-refractivity contribution in [1.82, 2.24) is 0 Å². The first kappa shape index (κ1) is 15.2. The summed E-state index contributed by atoms with van der Waals surface area (Å²) in [7, 11) is -2.75. The van der Waals surface area contributed by atoms with Gasteiger partial charge in [-0.05, 0) is 38.1 Å². The van der Waals surface area contributed by atoms with Crippen molar-refractivity contribution in [3.8, 4) is 0 Å². The lowest BCUT2D eigenvalue weighted by molar-refractivity contribution is -0.139. The van der Waals surface area contributed by atoms with Crippen LogP contribution in [0.15, 0.2) is 24.3 Å². The number of benzene rings is 1. The fourth-order valence-electron chi connectivity index (χ4n) is 1.32. The van der Waals surface area contributed by atoms with Crippen molar-refractivity contribution in [2.24, 2.45) is 0 Å². The van der Waals surface area contributed by atoms with Crippen molar-refractivity contribution in [1.29, 1.82) is 0 Å². The second-order valence-corrected chi connectivity index (χ2v) is 5.95. The van der Waals surface area contributed by atoms with Crippen molar-refractivity contribution in [2.45, 2.75) is 19.1 Å². The Morgan fingerprint density at radius 2 is 1.74 bits per heavy atom. The minimum absolute atomic E-state index is 0.114. The fraction of sp³-hybridized carbons (Fsp3) is 0.333. The number of sulfonamides is 1. The van der Waals surface area contributed by atoms with E-state index in [1.54, 1.807) is 0 Å². The van der Waals surface area contributed by atoms with Gasteiger partial charge in [-0.15, -0.1) is 0 Å². The number of Topliss-reactive ketones (excluding diaryl/α,β-unsaturated/α-hetero) is 1. The SMILES string of the molecule is COC(=O)C(C)S(=O)(=O)Nc1ccc(C(C)=O)cc1. The maximum atomic E-state index is 11.8. The summed E-state index contributed by atoms with van der Waals surface area (Å²) >= 11 is 0. The molecule has 1 rings (SSSR count). The van der Waals surface area contributed by atoms with Gasteiger partial charge in [0.15, 0.2) is 11.0 Å². The van der Waals surface area contributed by atoms with Gasteiger partial charge in [0.05, 0.1) is 7.11 Å². The third kappa shape index (κ3) is 3.78. The third-order valence-corrected chi connectivity index (χ3v) is 4.19. The zero-order valence-corrected chi connectivity index (χ0v) is 11.7. The molecule has 0 heterocycles. The molecule has 1 aromatic rings. The Morgan fingerprint density at radius 1 is 1.21 bits per heavy atom. The molecular weight excluding hydrogens is 270 g/mol. The first-order valence-electron chi connectivity index (χ1n) is 5.48. The Hall–Kier alpha value is -1.89. The van der Waals surface area contributed by atoms with E-state index in [1.165, 1.54) is 38.1 Å². The van der Waals surface area contributed by atoms with Gasteiger partial charge in [-0.25, -0.2) is 8.42 Å². The van der Waals surface area contributed by atoms with Gasteiger partial charge in [0.25, 0.3) is 0 Å². The van der Waals surface area contributed by atoms with Crippen molar-refractivity contribution in [3.63, 3.8) is 0 Å². The molecule has 0 amide bonds. The van der Waals surface area contributed by atoms with E-state index in [-0.39, 0.29) is 11.5 Å². The third-order valence-electron chi connectivity index (χ3n) is 2.55. The van der Waals surface area contributed by atoms with Crippen LogP contribution in [0.1, 0.15) is 24.2 Å². The predicted molar refractivity (Wildman–Crippen MR) is 70.5 cm³/mol. The summed E-state index contributed by atoms with van der Waals surface area (Å²) in [6, 6.07) is 5.92. The van der Waals surface area contributed by atoms with Gasteiger partial charge >= 0.3 is 5.97 Å². The van der Waals surface area contributed by atoms with E-state index in [2.05, 4.69) is 9.46 Å². The van der Waals surface area contributed by atoms with Crippen molar-refractivity contribution < 1.29 is 22.7 Å². The molecule has 0 aromatic heterocycles. The standard InChI is InChI=1S/C12H15NO5S/c1-8(14)10-4-6-11(7-5-10)13-19(16,17)9(2)12(15)18-3/h4-7,9,13H,1-3H3.